The summed E-state index contributed by atoms with van der Waals surface area (Å²) in [7, 11) is 0. The first kappa shape index (κ1) is 12.5. The second-order valence-corrected chi connectivity index (χ2v) is 4.23. The summed E-state index contributed by atoms with van der Waals surface area (Å²) >= 11 is 0. The zero-order valence-electron chi connectivity index (χ0n) is 9.45. The lowest BCUT2D eigenvalue weighted by Gasteiger charge is -2.22. The van der Waals surface area contributed by atoms with Crippen LogP contribution in [0.4, 0.5) is 0 Å². The van der Waals surface area contributed by atoms with Gasteiger partial charge >= 0.3 is 0 Å². The summed E-state index contributed by atoms with van der Waals surface area (Å²) < 4.78 is 0. The van der Waals surface area contributed by atoms with Crippen molar-refractivity contribution in [1.29, 1.82) is 0 Å². The van der Waals surface area contributed by atoms with Gasteiger partial charge in [-0.25, -0.2) is 0 Å². The number of hydrogen-bond acceptors (Lipinski definition) is 2. The van der Waals surface area contributed by atoms with Gasteiger partial charge in [-0.1, -0.05) is 0 Å². The van der Waals surface area contributed by atoms with Crippen molar-refractivity contribution in [2.75, 3.05) is 19.7 Å². The molecule has 0 aromatic heterocycles. The van der Waals surface area contributed by atoms with E-state index in [4.69, 9.17) is 5.11 Å². The van der Waals surface area contributed by atoms with Gasteiger partial charge in [-0.05, 0) is 32.1 Å². The van der Waals surface area contributed by atoms with Crippen LogP contribution in [0.5, 0.6) is 0 Å². The second-order valence-electron chi connectivity index (χ2n) is 4.23. The van der Waals surface area contributed by atoms with Crippen molar-refractivity contribution < 1.29 is 15.6 Å². The normalized spacial score (nSPS) is 20.9. The van der Waals surface area contributed by atoms with Crippen LogP contribution < -0.4 is 5.73 Å². The molecule has 0 aliphatic carbocycles. The van der Waals surface area contributed by atoms with Gasteiger partial charge < -0.3 is 15.7 Å². The molecule has 1 amide bonds. The fraction of sp³-hybridized carbons (Fsp3) is 0.909. The number of aliphatic hydroxyl groups is 1. The summed E-state index contributed by atoms with van der Waals surface area (Å²) in [6, 6.07) is 0.0883. The largest absolute Gasteiger partial charge is 0.394 e. The number of hydrogen-bond donors (Lipinski definition) is 2. The second kappa shape index (κ2) is 6.80. The van der Waals surface area contributed by atoms with Crippen molar-refractivity contribution in [3.05, 3.63) is 0 Å². The van der Waals surface area contributed by atoms with E-state index in [1.165, 1.54) is 0 Å². The Morgan fingerprint density at radius 2 is 2.20 bits per heavy atom. The highest BCUT2D eigenvalue weighted by atomic mass is 16.3. The van der Waals surface area contributed by atoms with Crippen LogP contribution in [-0.4, -0.2) is 41.7 Å². The van der Waals surface area contributed by atoms with Gasteiger partial charge in [0.05, 0.1) is 19.2 Å². The number of aliphatic hydroxyl groups excluding tert-OH is 1. The molecule has 4 heteroatoms. The summed E-state index contributed by atoms with van der Waals surface area (Å²) in [5, 5.41) is 9.09. The van der Waals surface area contributed by atoms with Crippen LogP contribution >= 0.6 is 0 Å². The van der Waals surface area contributed by atoms with Gasteiger partial charge in [0.25, 0.3) is 0 Å². The van der Waals surface area contributed by atoms with Gasteiger partial charge in [-0.15, -0.1) is 0 Å². The molecular formula is C11H23N2O2+. The highest BCUT2D eigenvalue weighted by molar-refractivity contribution is 5.76. The number of nitrogens with zero attached hydrogens (tertiary/aromatic N) is 1. The molecule has 88 valence electrons. The number of carbonyl (C=O) groups is 1. The Balaban J connectivity index is 2.21. The Kier molecular flexibility index (Phi) is 5.65. The molecule has 0 unspecified atom stereocenters. The average molecular weight is 215 g/mol. The van der Waals surface area contributed by atoms with E-state index in [0.717, 1.165) is 45.2 Å². The summed E-state index contributed by atoms with van der Waals surface area (Å²) in [5.74, 6) is 0.218. The Bertz CT molecular complexity index is 197. The van der Waals surface area contributed by atoms with Crippen molar-refractivity contribution in [2.24, 2.45) is 0 Å². The number of amides is 1. The lowest BCUT2D eigenvalue weighted by molar-refractivity contribution is -0.368. The van der Waals surface area contributed by atoms with Crippen molar-refractivity contribution in [2.45, 2.75) is 44.6 Å². The predicted octanol–water partition coefficient (Wildman–Crippen LogP) is -0.228. The summed E-state index contributed by atoms with van der Waals surface area (Å²) in [5.41, 5.74) is 3.78. The first-order valence-corrected chi connectivity index (χ1v) is 5.99. The minimum absolute atomic E-state index is 0.0883. The minimum Gasteiger partial charge on any atom is -0.394 e. The molecule has 1 rings (SSSR count). The maximum absolute atomic E-state index is 11.8. The first-order valence-electron chi connectivity index (χ1n) is 5.99. The van der Waals surface area contributed by atoms with Crippen molar-refractivity contribution >= 4 is 5.91 Å². The van der Waals surface area contributed by atoms with E-state index in [2.05, 4.69) is 5.73 Å². The molecule has 4 N–H and O–H groups in total. The topological polar surface area (TPSA) is 68.2 Å². The van der Waals surface area contributed by atoms with Gasteiger partial charge in [-0.2, -0.15) is 0 Å². The molecule has 0 saturated carbocycles. The van der Waals surface area contributed by atoms with Crippen molar-refractivity contribution in [3.63, 3.8) is 0 Å². The van der Waals surface area contributed by atoms with E-state index in [1.54, 1.807) is 0 Å². The molecule has 1 fully saturated rings. The summed E-state index contributed by atoms with van der Waals surface area (Å²) in [6.07, 6.45) is 5.79. The Morgan fingerprint density at radius 1 is 1.40 bits per heavy atom. The molecule has 1 aliphatic rings. The van der Waals surface area contributed by atoms with Gasteiger partial charge in [0.2, 0.25) is 5.91 Å². The SMILES string of the molecule is [NH3+]CCCCCC(=O)N1CCC[C@H]1CO. The first-order chi connectivity index (χ1) is 7.29. The Morgan fingerprint density at radius 3 is 2.87 bits per heavy atom. The fourth-order valence-corrected chi connectivity index (χ4v) is 2.13. The minimum atomic E-state index is 0.0883. The lowest BCUT2D eigenvalue weighted by Crippen LogP contribution is -2.50. The Labute approximate surface area is 91.4 Å². The number of rotatable bonds is 6. The molecule has 4 nitrogen and oxygen atoms in total. The maximum Gasteiger partial charge on any atom is 0.222 e. The average Bonchev–Trinajstić information content (AvgIpc) is 2.72. The smallest absolute Gasteiger partial charge is 0.222 e. The third-order valence-electron chi connectivity index (χ3n) is 3.05. The number of likely N-dealkylation sites (tertiary alicyclic amines) is 1. The van der Waals surface area contributed by atoms with Crippen LogP contribution in [0.25, 0.3) is 0 Å². The summed E-state index contributed by atoms with van der Waals surface area (Å²) in [4.78, 5) is 13.6. The van der Waals surface area contributed by atoms with E-state index >= 15 is 0 Å². The van der Waals surface area contributed by atoms with Crippen LogP contribution in [-0.2, 0) is 4.79 Å². The zero-order chi connectivity index (χ0) is 11.1. The van der Waals surface area contributed by atoms with Crippen LogP contribution in [0, 0.1) is 0 Å². The standard InChI is InChI=1S/C11H22N2O2/c12-7-3-1-2-6-11(15)13-8-4-5-10(13)9-14/h10,14H,1-9,12H2/p+1/t10-/m0/s1. The van der Waals surface area contributed by atoms with E-state index in [1.807, 2.05) is 4.90 Å². The quantitative estimate of drug-likeness (QED) is 0.601. The molecule has 0 bridgehead atoms. The molecule has 1 aliphatic heterocycles. The Hall–Kier alpha value is -0.610. The molecular weight excluding hydrogens is 192 g/mol. The van der Waals surface area contributed by atoms with Crippen LogP contribution in [0.2, 0.25) is 0 Å². The number of quaternary nitrogens is 1. The monoisotopic (exact) mass is 215 g/mol. The third kappa shape index (κ3) is 3.80. The third-order valence-corrected chi connectivity index (χ3v) is 3.05. The molecule has 0 spiro atoms. The highest BCUT2D eigenvalue weighted by Crippen LogP contribution is 2.18. The molecule has 1 atom stereocenters. The number of carbonyl (C=O) groups excluding carboxylic acids is 1. The van der Waals surface area contributed by atoms with Crippen molar-refractivity contribution in [1.82, 2.24) is 4.90 Å². The van der Waals surface area contributed by atoms with E-state index < -0.39 is 0 Å². The molecule has 1 saturated heterocycles. The predicted molar refractivity (Wildman–Crippen MR) is 58.0 cm³/mol. The highest BCUT2D eigenvalue weighted by Gasteiger charge is 2.27. The molecule has 0 aromatic rings. The van der Waals surface area contributed by atoms with E-state index in [0.29, 0.717) is 6.42 Å². The van der Waals surface area contributed by atoms with Gasteiger partial charge in [-0.3, -0.25) is 4.79 Å². The van der Waals surface area contributed by atoms with E-state index in [-0.39, 0.29) is 18.6 Å². The fourth-order valence-electron chi connectivity index (χ4n) is 2.13. The number of unbranched alkanes of at least 4 members (excludes halogenated alkanes) is 2. The van der Waals surface area contributed by atoms with Gasteiger partial charge in [0, 0.05) is 13.0 Å². The lowest BCUT2D eigenvalue weighted by atomic mass is 10.1. The molecule has 0 radical (unpaired) electrons. The van der Waals surface area contributed by atoms with Crippen LogP contribution in [0.3, 0.4) is 0 Å². The van der Waals surface area contributed by atoms with Gasteiger partial charge in [0.1, 0.15) is 0 Å². The van der Waals surface area contributed by atoms with Crippen LogP contribution in [0.1, 0.15) is 38.5 Å². The van der Waals surface area contributed by atoms with Crippen molar-refractivity contribution in [3.8, 4) is 0 Å². The summed E-state index contributed by atoms with van der Waals surface area (Å²) in [6.45, 7) is 1.90. The molecule has 0 aromatic carbocycles. The van der Waals surface area contributed by atoms with Crippen LogP contribution in [0.15, 0.2) is 0 Å². The van der Waals surface area contributed by atoms with E-state index in [9.17, 15) is 4.79 Å². The molecule has 15 heavy (non-hydrogen) atoms. The molecule has 1 heterocycles. The maximum atomic E-state index is 11.8. The van der Waals surface area contributed by atoms with Gasteiger partial charge in [0.15, 0.2) is 0 Å². The zero-order valence-corrected chi connectivity index (χ0v) is 9.45.